The Morgan fingerprint density at radius 2 is 2.50 bits per heavy atom. The van der Waals surface area contributed by atoms with Gasteiger partial charge in [-0.05, 0) is 23.4 Å². The van der Waals surface area contributed by atoms with Gasteiger partial charge in [-0.3, -0.25) is 0 Å². The second-order valence-corrected chi connectivity index (χ2v) is 3.66. The molecule has 0 fully saturated rings. The minimum absolute atomic E-state index is 0.105. The van der Waals surface area contributed by atoms with E-state index in [0.717, 1.165) is 23.3 Å². The summed E-state index contributed by atoms with van der Waals surface area (Å²) in [6, 6.07) is 4.09. The maximum Gasteiger partial charge on any atom is 0.110 e. The lowest BCUT2D eigenvalue weighted by Crippen LogP contribution is -2.08. The van der Waals surface area contributed by atoms with Crippen LogP contribution in [0.5, 0.6) is 0 Å². The van der Waals surface area contributed by atoms with Crippen LogP contribution in [0.15, 0.2) is 11.4 Å². The molecule has 1 heterocycles. The average molecular weight is 180 g/mol. The van der Waals surface area contributed by atoms with Crippen molar-refractivity contribution in [3.63, 3.8) is 0 Å². The summed E-state index contributed by atoms with van der Waals surface area (Å²) < 4.78 is 0. The van der Waals surface area contributed by atoms with Gasteiger partial charge in [0.25, 0.3) is 0 Å². The summed E-state index contributed by atoms with van der Waals surface area (Å²) in [4.78, 5) is 0.747. The molecule has 64 valence electrons. The van der Waals surface area contributed by atoms with E-state index >= 15 is 0 Å². The van der Waals surface area contributed by atoms with E-state index in [2.05, 4.69) is 13.0 Å². The van der Waals surface area contributed by atoms with E-state index in [0.29, 0.717) is 0 Å². The van der Waals surface area contributed by atoms with Gasteiger partial charge in [0, 0.05) is 6.04 Å². The lowest BCUT2D eigenvalue weighted by Gasteiger charge is -2.06. The molecule has 1 atom stereocenters. The first-order valence-corrected chi connectivity index (χ1v) is 4.90. The van der Waals surface area contributed by atoms with Crippen LogP contribution in [-0.2, 0) is 0 Å². The molecule has 0 unspecified atom stereocenters. The van der Waals surface area contributed by atoms with E-state index in [-0.39, 0.29) is 6.04 Å². The van der Waals surface area contributed by atoms with Crippen LogP contribution in [0.4, 0.5) is 0 Å². The van der Waals surface area contributed by atoms with Gasteiger partial charge in [0.1, 0.15) is 10.9 Å². The van der Waals surface area contributed by atoms with Crippen LogP contribution >= 0.6 is 11.3 Å². The normalized spacial score (nSPS) is 12.4. The van der Waals surface area contributed by atoms with Gasteiger partial charge in [-0.2, -0.15) is 5.26 Å². The van der Waals surface area contributed by atoms with Crippen LogP contribution in [0.25, 0.3) is 0 Å². The molecule has 0 amide bonds. The van der Waals surface area contributed by atoms with Crippen LogP contribution in [0.3, 0.4) is 0 Å². The molecular formula is C9H12N2S. The largest absolute Gasteiger partial charge is 0.324 e. The lowest BCUT2D eigenvalue weighted by molar-refractivity contribution is 0.640. The van der Waals surface area contributed by atoms with Crippen molar-refractivity contribution in [2.75, 3.05) is 0 Å². The monoisotopic (exact) mass is 180 g/mol. The second-order valence-electron chi connectivity index (χ2n) is 2.75. The van der Waals surface area contributed by atoms with E-state index in [1.165, 1.54) is 11.3 Å². The Morgan fingerprint density at radius 1 is 1.75 bits per heavy atom. The molecule has 0 aliphatic rings. The highest BCUT2D eigenvalue weighted by atomic mass is 32.1. The number of nitriles is 1. The summed E-state index contributed by atoms with van der Waals surface area (Å²) in [5.74, 6) is 0. The van der Waals surface area contributed by atoms with Crippen LogP contribution in [-0.4, -0.2) is 0 Å². The molecular weight excluding hydrogens is 168 g/mol. The van der Waals surface area contributed by atoms with Gasteiger partial charge in [-0.1, -0.05) is 13.3 Å². The molecule has 0 saturated heterocycles. The van der Waals surface area contributed by atoms with Crippen molar-refractivity contribution in [1.82, 2.24) is 0 Å². The lowest BCUT2D eigenvalue weighted by atomic mass is 10.1. The van der Waals surface area contributed by atoms with Gasteiger partial charge in [0.15, 0.2) is 0 Å². The van der Waals surface area contributed by atoms with Gasteiger partial charge in [-0.25, -0.2) is 0 Å². The summed E-state index contributed by atoms with van der Waals surface area (Å²) in [6.07, 6.45) is 2.07. The Balaban J connectivity index is 2.69. The third-order valence-corrected chi connectivity index (χ3v) is 2.61. The Morgan fingerprint density at radius 3 is 3.00 bits per heavy atom. The topological polar surface area (TPSA) is 49.8 Å². The first-order chi connectivity index (χ1) is 5.77. The number of hydrogen-bond donors (Lipinski definition) is 1. The van der Waals surface area contributed by atoms with E-state index in [4.69, 9.17) is 11.0 Å². The molecule has 2 N–H and O–H groups in total. The SMILES string of the molecule is CCC[C@H](N)c1csc(C#N)c1. The zero-order valence-corrected chi connectivity index (χ0v) is 7.90. The smallest absolute Gasteiger partial charge is 0.110 e. The average Bonchev–Trinajstić information content (AvgIpc) is 2.52. The molecule has 0 aliphatic heterocycles. The van der Waals surface area contributed by atoms with Gasteiger partial charge in [0.05, 0.1) is 0 Å². The first-order valence-electron chi connectivity index (χ1n) is 4.02. The minimum atomic E-state index is 0.105. The van der Waals surface area contributed by atoms with Crippen molar-refractivity contribution in [2.45, 2.75) is 25.8 Å². The second kappa shape index (κ2) is 4.24. The fourth-order valence-corrected chi connectivity index (χ4v) is 1.84. The van der Waals surface area contributed by atoms with E-state index in [9.17, 15) is 0 Å². The molecule has 0 aliphatic carbocycles. The molecule has 1 aromatic rings. The summed E-state index contributed by atoms with van der Waals surface area (Å²) in [5.41, 5.74) is 6.97. The number of nitrogens with zero attached hydrogens (tertiary/aromatic N) is 1. The molecule has 0 radical (unpaired) electrons. The van der Waals surface area contributed by atoms with Crippen LogP contribution in [0.1, 0.15) is 36.2 Å². The van der Waals surface area contributed by atoms with Crippen molar-refractivity contribution in [3.05, 3.63) is 21.9 Å². The number of nitrogens with two attached hydrogens (primary N) is 1. The number of rotatable bonds is 3. The first kappa shape index (κ1) is 9.24. The molecule has 0 saturated carbocycles. The van der Waals surface area contributed by atoms with E-state index in [1.807, 2.05) is 11.4 Å². The van der Waals surface area contributed by atoms with Crippen LogP contribution in [0.2, 0.25) is 0 Å². The third-order valence-electron chi connectivity index (χ3n) is 1.76. The fraction of sp³-hybridized carbons (Fsp3) is 0.444. The van der Waals surface area contributed by atoms with Crippen molar-refractivity contribution in [3.8, 4) is 6.07 Å². The maximum absolute atomic E-state index is 8.58. The van der Waals surface area contributed by atoms with Crippen LogP contribution < -0.4 is 5.73 Å². The summed E-state index contributed by atoms with van der Waals surface area (Å²) >= 11 is 1.46. The predicted octanol–water partition coefficient (Wildman–Crippen LogP) is 2.42. The zero-order chi connectivity index (χ0) is 8.97. The van der Waals surface area contributed by atoms with Gasteiger partial charge >= 0.3 is 0 Å². The maximum atomic E-state index is 8.58. The highest BCUT2D eigenvalue weighted by Gasteiger charge is 2.06. The molecule has 0 aromatic carbocycles. The molecule has 0 bridgehead atoms. The Hall–Kier alpha value is -0.850. The Bertz CT molecular complexity index is 285. The highest BCUT2D eigenvalue weighted by molar-refractivity contribution is 7.10. The van der Waals surface area contributed by atoms with E-state index < -0.39 is 0 Å². The van der Waals surface area contributed by atoms with Crippen molar-refractivity contribution in [2.24, 2.45) is 5.73 Å². The molecule has 12 heavy (non-hydrogen) atoms. The third kappa shape index (κ3) is 2.07. The van der Waals surface area contributed by atoms with Gasteiger partial charge in [0.2, 0.25) is 0 Å². The van der Waals surface area contributed by atoms with Crippen molar-refractivity contribution >= 4 is 11.3 Å². The van der Waals surface area contributed by atoms with Crippen molar-refractivity contribution < 1.29 is 0 Å². The molecule has 3 heteroatoms. The number of hydrogen-bond acceptors (Lipinski definition) is 3. The molecule has 1 aromatic heterocycles. The van der Waals surface area contributed by atoms with Crippen molar-refractivity contribution in [1.29, 1.82) is 5.26 Å². The zero-order valence-electron chi connectivity index (χ0n) is 7.08. The van der Waals surface area contributed by atoms with E-state index in [1.54, 1.807) is 0 Å². The molecule has 1 rings (SSSR count). The summed E-state index contributed by atoms with van der Waals surface area (Å²) in [7, 11) is 0. The molecule has 2 nitrogen and oxygen atoms in total. The van der Waals surface area contributed by atoms with Gasteiger partial charge < -0.3 is 5.73 Å². The Kier molecular flexibility index (Phi) is 3.27. The predicted molar refractivity (Wildman–Crippen MR) is 50.9 cm³/mol. The standard InChI is InChI=1S/C9H12N2S/c1-2-3-9(11)7-4-8(5-10)12-6-7/h4,6,9H,2-3,11H2,1H3/t9-/m0/s1. The van der Waals surface area contributed by atoms with Gasteiger partial charge in [-0.15, -0.1) is 11.3 Å². The quantitative estimate of drug-likeness (QED) is 0.776. The summed E-state index contributed by atoms with van der Waals surface area (Å²) in [5, 5.41) is 10.6. The summed E-state index contributed by atoms with van der Waals surface area (Å²) in [6.45, 7) is 2.11. The fourth-order valence-electron chi connectivity index (χ4n) is 1.08. The number of thiophene rings is 1. The molecule has 0 spiro atoms. The highest BCUT2D eigenvalue weighted by Crippen LogP contribution is 2.21. The van der Waals surface area contributed by atoms with Crippen LogP contribution in [0, 0.1) is 11.3 Å². The Labute approximate surface area is 76.6 Å². The minimum Gasteiger partial charge on any atom is -0.324 e.